The molecule has 5 heteroatoms. The highest BCUT2D eigenvalue weighted by Crippen LogP contribution is 2.27. The number of hydrogen-bond donors (Lipinski definition) is 0. The van der Waals surface area contributed by atoms with E-state index in [4.69, 9.17) is 11.6 Å². The van der Waals surface area contributed by atoms with Gasteiger partial charge in [0.2, 0.25) is 0 Å². The van der Waals surface area contributed by atoms with Crippen molar-refractivity contribution in [1.82, 2.24) is 9.88 Å². The first-order valence-electron chi connectivity index (χ1n) is 6.42. The fourth-order valence-electron chi connectivity index (χ4n) is 2.27. The normalized spacial score (nSPS) is 19.0. The summed E-state index contributed by atoms with van der Waals surface area (Å²) in [4.78, 5) is 9.28. The standard InChI is InChI=1S/C13H19BrClN3/c1-3-10(2)17-4-6-18(7-5-17)13-12(14)8-11(15)9-16-13/h8-10H,3-7H2,1-2H3. The summed E-state index contributed by atoms with van der Waals surface area (Å²) in [5.74, 6) is 1.00. The molecule has 1 saturated heterocycles. The van der Waals surface area contributed by atoms with E-state index in [9.17, 15) is 0 Å². The van der Waals surface area contributed by atoms with Gasteiger partial charge in [0.1, 0.15) is 5.82 Å². The number of aromatic nitrogens is 1. The SMILES string of the molecule is CCC(C)N1CCN(c2ncc(Cl)cc2Br)CC1. The minimum atomic E-state index is 0.670. The smallest absolute Gasteiger partial charge is 0.143 e. The Morgan fingerprint density at radius 1 is 1.39 bits per heavy atom. The highest BCUT2D eigenvalue weighted by molar-refractivity contribution is 9.10. The van der Waals surface area contributed by atoms with E-state index in [-0.39, 0.29) is 0 Å². The molecular formula is C13H19BrClN3. The summed E-state index contributed by atoms with van der Waals surface area (Å²) in [6.07, 6.45) is 2.92. The van der Waals surface area contributed by atoms with Crippen LogP contribution >= 0.6 is 27.5 Å². The first-order valence-corrected chi connectivity index (χ1v) is 7.59. The second-order valence-electron chi connectivity index (χ2n) is 4.74. The number of rotatable bonds is 3. The summed E-state index contributed by atoms with van der Waals surface area (Å²) in [6, 6.07) is 2.58. The molecule has 1 atom stereocenters. The summed E-state index contributed by atoms with van der Waals surface area (Å²) in [7, 11) is 0. The topological polar surface area (TPSA) is 19.4 Å². The molecule has 100 valence electrons. The lowest BCUT2D eigenvalue weighted by molar-refractivity contribution is 0.192. The van der Waals surface area contributed by atoms with Gasteiger partial charge in [-0.05, 0) is 35.3 Å². The van der Waals surface area contributed by atoms with E-state index in [0.717, 1.165) is 36.5 Å². The molecule has 0 amide bonds. The van der Waals surface area contributed by atoms with E-state index in [0.29, 0.717) is 11.1 Å². The van der Waals surface area contributed by atoms with Crippen molar-refractivity contribution < 1.29 is 0 Å². The Kier molecular flexibility index (Phi) is 4.87. The number of hydrogen-bond acceptors (Lipinski definition) is 3. The van der Waals surface area contributed by atoms with Gasteiger partial charge >= 0.3 is 0 Å². The maximum atomic E-state index is 5.92. The van der Waals surface area contributed by atoms with Crippen LogP contribution in [-0.2, 0) is 0 Å². The van der Waals surface area contributed by atoms with Crippen molar-refractivity contribution in [2.24, 2.45) is 0 Å². The minimum absolute atomic E-state index is 0.670. The molecule has 1 unspecified atom stereocenters. The van der Waals surface area contributed by atoms with E-state index in [1.807, 2.05) is 6.07 Å². The van der Waals surface area contributed by atoms with Crippen molar-refractivity contribution in [2.45, 2.75) is 26.3 Å². The van der Waals surface area contributed by atoms with Gasteiger partial charge in [-0.3, -0.25) is 4.90 Å². The molecule has 2 heterocycles. The van der Waals surface area contributed by atoms with Gasteiger partial charge in [-0.1, -0.05) is 18.5 Å². The zero-order valence-electron chi connectivity index (χ0n) is 10.9. The molecule has 1 aromatic rings. The number of nitrogens with zero attached hydrogens (tertiary/aromatic N) is 3. The van der Waals surface area contributed by atoms with E-state index in [1.54, 1.807) is 6.20 Å². The number of pyridine rings is 1. The van der Waals surface area contributed by atoms with Crippen molar-refractivity contribution in [3.63, 3.8) is 0 Å². The van der Waals surface area contributed by atoms with E-state index in [2.05, 4.69) is 44.6 Å². The molecule has 0 N–H and O–H groups in total. The molecule has 0 bridgehead atoms. The third-order valence-electron chi connectivity index (χ3n) is 3.62. The molecule has 0 aromatic carbocycles. The molecule has 0 saturated carbocycles. The van der Waals surface area contributed by atoms with Gasteiger partial charge in [0.15, 0.2) is 0 Å². The van der Waals surface area contributed by atoms with Crippen LogP contribution in [-0.4, -0.2) is 42.1 Å². The largest absolute Gasteiger partial charge is 0.353 e. The zero-order chi connectivity index (χ0) is 13.1. The van der Waals surface area contributed by atoms with Gasteiger partial charge in [0.25, 0.3) is 0 Å². The van der Waals surface area contributed by atoms with Crippen molar-refractivity contribution in [2.75, 3.05) is 31.1 Å². The van der Waals surface area contributed by atoms with Gasteiger partial charge in [0, 0.05) is 38.4 Å². The van der Waals surface area contributed by atoms with Crippen LogP contribution in [0.25, 0.3) is 0 Å². The molecule has 3 nitrogen and oxygen atoms in total. The molecule has 0 spiro atoms. The second-order valence-corrected chi connectivity index (χ2v) is 6.03. The molecule has 1 aromatic heterocycles. The first-order chi connectivity index (χ1) is 8.61. The average molecular weight is 333 g/mol. The van der Waals surface area contributed by atoms with E-state index < -0.39 is 0 Å². The van der Waals surface area contributed by atoms with Crippen LogP contribution in [0.2, 0.25) is 5.02 Å². The Morgan fingerprint density at radius 2 is 2.06 bits per heavy atom. The summed E-state index contributed by atoms with van der Waals surface area (Å²) in [5, 5.41) is 0.670. The Labute approximate surface area is 122 Å². The van der Waals surface area contributed by atoms with Crippen molar-refractivity contribution >= 4 is 33.3 Å². The Bertz CT molecular complexity index is 405. The number of piperazine rings is 1. The maximum Gasteiger partial charge on any atom is 0.143 e. The third kappa shape index (κ3) is 3.16. The van der Waals surface area contributed by atoms with E-state index in [1.165, 1.54) is 6.42 Å². The lowest BCUT2D eigenvalue weighted by Gasteiger charge is -2.38. The molecule has 2 rings (SSSR count). The summed E-state index contributed by atoms with van der Waals surface area (Å²) >= 11 is 9.46. The quantitative estimate of drug-likeness (QED) is 0.845. The van der Waals surface area contributed by atoms with E-state index >= 15 is 0 Å². The van der Waals surface area contributed by atoms with Crippen LogP contribution in [0, 0.1) is 0 Å². The summed E-state index contributed by atoms with van der Waals surface area (Å²) in [5.41, 5.74) is 0. The number of halogens is 2. The monoisotopic (exact) mass is 331 g/mol. The van der Waals surface area contributed by atoms with Gasteiger partial charge in [-0.25, -0.2) is 4.98 Å². The predicted molar refractivity (Wildman–Crippen MR) is 80.5 cm³/mol. The minimum Gasteiger partial charge on any atom is -0.353 e. The summed E-state index contributed by atoms with van der Waals surface area (Å²) in [6.45, 7) is 8.80. The van der Waals surface area contributed by atoms with Crippen LogP contribution in [0.15, 0.2) is 16.7 Å². The maximum absolute atomic E-state index is 5.92. The Morgan fingerprint density at radius 3 is 2.61 bits per heavy atom. The molecule has 1 aliphatic heterocycles. The van der Waals surface area contributed by atoms with Gasteiger partial charge < -0.3 is 4.90 Å². The lowest BCUT2D eigenvalue weighted by atomic mass is 10.2. The molecule has 0 aliphatic carbocycles. The highest BCUT2D eigenvalue weighted by Gasteiger charge is 2.22. The molecular weight excluding hydrogens is 314 g/mol. The fourth-order valence-corrected chi connectivity index (χ4v) is 3.16. The van der Waals surface area contributed by atoms with Gasteiger partial charge in [-0.2, -0.15) is 0 Å². The Balaban J connectivity index is 2.01. The third-order valence-corrected chi connectivity index (χ3v) is 4.41. The molecule has 0 radical (unpaired) electrons. The summed E-state index contributed by atoms with van der Waals surface area (Å²) < 4.78 is 0.979. The Hall–Kier alpha value is -0.320. The number of anilines is 1. The predicted octanol–water partition coefficient (Wildman–Crippen LogP) is 3.42. The molecule has 1 fully saturated rings. The van der Waals surface area contributed by atoms with Crippen molar-refractivity contribution in [1.29, 1.82) is 0 Å². The zero-order valence-corrected chi connectivity index (χ0v) is 13.2. The van der Waals surface area contributed by atoms with Crippen LogP contribution in [0.5, 0.6) is 0 Å². The van der Waals surface area contributed by atoms with Crippen LogP contribution in [0.3, 0.4) is 0 Å². The van der Waals surface area contributed by atoms with Crippen molar-refractivity contribution in [3.05, 3.63) is 21.8 Å². The first kappa shape index (κ1) is 14.1. The van der Waals surface area contributed by atoms with Crippen LogP contribution in [0.1, 0.15) is 20.3 Å². The fraction of sp³-hybridized carbons (Fsp3) is 0.615. The second kappa shape index (κ2) is 6.22. The lowest BCUT2D eigenvalue weighted by Crippen LogP contribution is -2.49. The van der Waals surface area contributed by atoms with Gasteiger partial charge in [0.05, 0.1) is 9.50 Å². The van der Waals surface area contributed by atoms with Crippen LogP contribution in [0.4, 0.5) is 5.82 Å². The van der Waals surface area contributed by atoms with Gasteiger partial charge in [-0.15, -0.1) is 0 Å². The van der Waals surface area contributed by atoms with Crippen LogP contribution < -0.4 is 4.90 Å². The average Bonchev–Trinajstić information content (AvgIpc) is 2.38. The highest BCUT2D eigenvalue weighted by atomic mass is 79.9. The molecule has 18 heavy (non-hydrogen) atoms. The molecule has 1 aliphatic rings. The van der Waals surface area contributed by atoms with Crippen molar-refractivity contribution in [3.8, 4) is 0 Å².